The van der Waals surface area contributed by atoms with Crippen LogP contribution in [-0.2, 0) is 14.0 Å². The molecule has 0 bridgehead atoms. The summed E-state index contributed by atoms with van der Waals surface area (Å²) < 4.78 is 1.19. The minimum atomic E-state index is -3.28. The van der Waals surface area contributed by atoms with Crippen LogP contribution in [0.3, 0.4) is 0 Å². The Kier molecular flexibility index (Phi) is 11.2. The topological polar surface area (TPSA) is 0 Å². The van der Waals surface area contributed by atoms with Gasteiger partial charge in [-0.1, -0.05) is 0 Å². The Bertz CT molecular complexity index is 1280. The molecule has 2 aromatic carbocycles. The van der Waals surface area contributed by atoms with E-state index in [1.165, 1.54) is 11.1 Å². The summed E-state index contributed by atoms with van der Waals surface area (Å²) in [5, 5.41) is 5.60. The Morgan fingerprint density at radius 1 is 0.600 bits per heavy atom. The maximum atomic E-state index is 2.80. The van der Waals surface area contributed by atoms with Crippen LogP contribution in [0, 0.1) is 0 Å². The SMILES string of the molecule is CCC1=Cc2c(C(C)C)cc(C(C)C)cc2[CH]1[Ti]([CH3])([CH3])(=[SiH2])[CH]1C(CC)=Cc2c(C(C)C)cc(C(C)C)cc21.Cl.Cl. The zero-order valence-corrected chi connectivity index (χ0v) is 32.0. The smallest absolute Gasteiger partial charge is 0.147 e. The summed E-state index contributed by atoms with van der Waals surface area (Å²) in [5.41, 5.74) is 16.0. The predicted molar refractivity (Wildman–Crippen MR) is 186 cm³/mol. The van der Waals surface area contributed by atoms with Crippen molar-refractivity contribution in [2.45, 2.75) is 125 Å². The number of benzene rings is 2. The number of allylic oxidation sites excluding steroid dienone is 2. The first-order valence-corrected chi connectivity index (χ1v) is 24.4. The van der Waals surface area contributed by atoms with Gasteiger partial charge in [-0.3, -0.25) is 0 Å². The third-order valence-electron chi connectivity index (χ3n) is 9.85. The second-order valence-electron chi connectivity index (χ2n) is 14.8. The van der Waals surface area contributed by atoms with E-state index in [9.17, 15) is 0 Å². The molecule has 2 atom stereocenters. The van der Waals surface area contributed by atoms with Crippen molar-refractivity contribution in [3.8, 4) is 0 Å². The van der Waals surface area contributed by atoms with Crippen LogP contribution in [-0.4, -0.2) is 7.63 Å². The van der Waals surface area contributed by atoms with Gasteiger partial charge in [0.2, 0.25) is 0 Å². The average Bonchev–Trinajstić information content (AvgIpc) is 3.41. The molecule has 0 aromatic heterocycles. The normalized spacial score (nSPS) is 18.5. The quantitative estimate of drug-likeness (QED) is 0.253. The van der Waals surface area contributed by atoms with Gasteiger partial charge in [-0.2, -0.15) is 0 Å². The monoisotopic (exact) mass is 634 g/mol. The molecule has 2 aromatic rings. The third-order valence-corrected chi connectivity index (χ3v) is 21.3. The molecule has 0 N–H and O–H groups in total. The molecule has 2 aliphatic rings. The maximum absolute atomic E-state index is 3.28. The van der Waals surface area contributed by atoms with Crippen LogP contribution in [0.25, 0.3) is 12.2 Å². The second kappa shape index (κ2) is 12.6. The van der Waals surface area contributed by atoms with Crippen molar-refractivity contribution in [1.29, 1.82) is 0 Å². The Balaban J connectivity index is 0.00000280. The average molecular weight is 636 g/mol. The maximum Gasteiger partial charge on any atom is -0.147 e. The third kappa shape index (κ3) is 5.94. The van der Waals surface area contributed by atoms with E-state index in [0.717, 1.165) is 12.8 Å². The van der Waals surface area contributed by atoms with Crippen molar-refractivity contribution < 1.29 is 14.0 Å². The zero-order chi connectivity index (χ0) is 28.3. The Morgan fingerprint density at radius 2 is 0.925 bits per heavy atom. The van der Waals surface area contributed by atoms with Crippen LogP contribution in [0.5, 0.6) is 0 Å². The van der Waals surface area contributed by atoms with Gasteiger partial charge in [0.15, 0.2) is 0 Å². The van der Waals surface area contributed by atoms with E-state index in [2.05, 4.69) is 124 Å². The molecular weight excluding hydrogens is 579 g/mol. The summed E-state index contributed by atoms with van der Waals surface area (Å²) in [7, 11) is 2.49. The second-order valence-corrected chi connectivity index (χ2v) is 35.0. The van der Waals surface area contributed by atoms with Crippen molar-refractivity contribution in [3.05, 3.63) is 79.9 Å². The van der Waals surface area contributed by atoms with Crippen LogP contribution in [0.4, 0.5) is 0 Å². The number of hydrogen-bond acceptors (Lipinski definition) is 0. The summed E-state index contributed by atoms with van der Waals surface area (Å²) in [4.78, 5) is 0. The summed E-state index contributed by atoms with van der Waals surface area (Å²) >= 11 is -3.28. The van der Waals surface area contributed by atoms with Gasteiger partial charge >= 0.3 is 238 Å². The minimum Gasteiger partial charge on any atom is -0.147 e. The fourth-order valence-corrected chi connectivity index (χ4v) is 21.0. The molecule has 4 rings (SSSR count). The van der Waals surface area contributed by atoms with Crippen LogP contribution in [0.15, 0.2) is 35.4 Å². The predicted octanol–water partition coefficient (Wildman–Crippen LogP) is 11.8. The Morgan fingerprint density at radius 3 is 1.18 bits per heavy atom. The van der Waals surface area contributed by atoms with E-state index < -0.39 is 14.0 Å². The first kappa shape index (κ1) is 35.6. The Hall–Kier alpha value is -0.569. The summed E-state index contributed by atoms with van der Waals surface area (Å²) in [6.07, 6.45) is 7.58. The number of rotatable bonds is 8. The standard InChI is InChI=1S/2C17H23.2CH3.2ClH.H2Si.Ti/c2*1-6-13-7-15-9-14(11(2)3)10-16(12(4)5)17(15)8-13;;;;;;/h2*7-12H,6H2,1-5H3;2*1H3;2*1H;1H2;. The van der Waals surface area contributed by atoms with Gasteiger partial charge in [-0.15, -0.1) is 24.8 Å². The molecule has 0 saturated heterocycles. The van der Waals surface area contributed by atoms with E-state index in [1.807, 2.05) is 0 Å². The Labute approximate surface area is 261 Å². The zero-order valence-electron chi connectivity index (χ0n) is 27.4. The molecule has 4 heteroatoms. The molecule has 40 heavy (non-hydrogen) atoms. The number of halogens is 2. The molecular formula is C36H56Cl2SiTi. The van der Waals surface area contributed by atoms with Gasteiger partial charge in [0.05, 0.1) is 0 Å². The van der Waals surface area contributed by atoms with Crippen LogP contribution >= 0.6 is 24.8 Å². The van der Waals surface area contributed by atoms with E-state index >= 15 is 0 Å². The van der Waals surface area contributed by atoms with Crippen molar-refractivity contribution in [2.24, 2.45) is 0 Å². The van der Waals surface area contributed by atoms with Gasteiger partial charge in [0.1, 0.15) is 0 Å². The minimum absolute atomic E-state index is 0. The van der Waals surface area contributed by atoms with E-state index in [0.29, 0.717) is 32.1 Å². The summed E-state index contributed by atoms with van der Waals surface area (Å²) in [6, 6.07) is 10.3. The van der Waals surface area contributed by atoms with Gasteiger partial charge in [-0.25, -0.2) is 0 Å². The number of fused-ring (bicyclic) bond motifs is 2. The van der Waals surface area contributed by atoms with E-state index in [1.54, 1.807) is 44.5 Å². The van der Waals surface area contributed by atoms with Crippen molar-refractivity contribution in [2.75, 3.05) is 0 Å². The molecule has 2 unspecified atom stereocenters. The molecule has 0 nitrogen and oxygen atoms in total. The molecule has 0 saturated carbocycles. The molecule has 0 aliphatic heterocycles. The molecule has 0 amide bonds. The summed E-state index contributed by atoms with van der Waals surface area (Å²) in [6.45, 7) is 23.8. The van der Waals surface area contributed by atoms with Gasteiger partial charge in [0, 0.05) is 0 Å². The van der Waals surface area contributed by atoms with E-state index in [4.69, 9.17) is 0 Å². The first-order chi connectivity index (χ1) is 17.6. The van der Waals surface area contributed by atoms with E-state index in [-0.39, 0.29) is 24.8 Å². The fourth-order valence-electron chi connectivity index (χ4n) is 7.83. The molecule has 222 valence electrons. The van der Waals surface area contributed by atoms with Gasteiger partial charge in [0.25, 0.3) is 0 Å². The van der Waals surface area contributed by atoms with Crippen LogP contribution in [0.2, 0.25) is 10.5 Å². The van der Waals surface area contributed by atoms with Crippen molar-refractivity contribution in [1.82, 2.24) is 0 Å². The molecule has 2 aliphatic carbocycles. The van der Waals surface area contributed by atoms with Gasteiger partial charge in [-0.05, 0) is 0 Å². The molecule has 0 heterocycles. The first-order valence-electron chi connectivity index (χ1n) is 15.4. The van der Waals surface area contributed by atoms with Crippen molar-refractivity contribution >= 4 is 44.6 Å². The fraction of sp³-hybridized carbons (Fsp3) is 0.556. The van der Waals surface area contributed by atoms with Crippen molar-refractivity contribution in [3.63, 3.8) is 0 Å². The largest absolute Gasteiger partial charge is 0.147 e. The summed E-state index contributed by atoms with van der Waals surface area (Å²) in [5.74, 6) is 2.19. The number of hydrogen-bond donors (Lipinski definition) is 0. The molecule has 0 fully saturated rings. The molecule has 0 radical (unpaired) electrons. The molecule has 0 spiro atoms. The van der Waals surface area contributed by atoms with Gasteiger partial charge < -0.3 is 0 Å². The van der Waals surface area contributed by atoms with Crippen LogP contribution < -0.4 is 0 Å². The van der Waals surface area contributed by atoms with Crippen LogP contribution in [0.1, 0.15) is 159 Å².